The van der Waals surface area contributed by atoms with Gasteiger partial charge in [0.1, 0.15) is 0 Å². The summed E-state index contributed by atoms with van der Waals surface area (Å²) in [6, 6.07) is 13.6. The van der Waals surface area contributed by atoms with Crippen LogP contribution in [0, 0.1) is 0 Å². The lowest BCUT2D eigenvalue weighted by molar-refractivity contribution is 0.997. The van der Waals surface area contributed by atoms with Gasteiger partial charge in [-0.05, 0) is 24.3 Å². The molecular formula is C16H14BrClN4. The Morgan fingerprint density at radius 1 is 1.14 bits per heavy atom. The summed E-state index contributed by atoms with van der Waals surface area (Å²) >= 11 is 9.84. The van der Waals surface area contributed by atoms with Crippen molar-refractivity contribution in [3.05, 3.63) is 52.0 Å². The molecule has 2 aromatic carbocycles. The molecular weight excluding hydrogens is 364 g/mol. The first kappa shape index (κ1) is 15.2. The summed E-state index contributed by atoms with van der Waals surface area (Å²) in [6.45, 7) is 1.13. The molecule has 4 nitrogen and oxygen atoms in total. The van der Waals surface area contributed by atoms with Crippen molar-refractivity contribution in [2.24, 2.45) is 5.73 Å². The van der Waals surface area contributed by atoms with Gasteiger partial charge < -0.3 is 11.1 Å². The van der Waals surface area contributed by atoms with Crippen LogP contribution in [0.25, 0.3) is 22.2 Å². The quantitative estimate of drug-likeness (QED) is 0.719. The molecule has 0 unspecified atom stereocenters. The molecule has 0 saturated carbocycles. The van der Waals surface area contributed by atoms with Gasteiger partial charge in [0.25, 0.3) is 0 Å². The average molecular weight is 378 g/mol. The Bertz CT molecular complexity index is 822. The molecule has 0 bridgehead atoms. The molecule has 1 aromatic heterocycles. The third-order valence-electron chi connectivity index (χ3n) is 3.21. The Labute approximate surface area is 141 Å². The van der Waals surface area contributed by atoms with Gasteiger partial charge in [0.15, 0.2) is 0 Å². The van der Waals surface area contributed by atoms with Crippen LogP contribution < -0.4 is 11.1 Å². The van der Waals surface area contributed by atoms with E-state index in [4.69, 9.17) is 17.3 Å². The fourth-order valence-electron chi connectivity index (χ4n) is 2.22. The van der Waals surface area contributed by atoms with Crippen LogP contribution in [0.15, 0.2) is 46.9 Å². The standard InChI is InChI=1S/C16H14BrClN4/c17-10-5-6-14-12(9-10)15(11-3-1-2-4-13(11)18)22-16(21-14)20-8-7-19/h1-6,9H,7-8,19H2,(H,20,21,22). The fourth-order valence-corrected chi connectivity index (χ4v) is 2.81. The predicted octanol–water partition coefficient (Wildman–Crippen LogP) is 4.08. The monoisotopic (exact) mass is 376 g/mol. The van der Waals surface area contributed by atoms with Gasteiger partial charge in [-0.1, -0.05) is 45.7 Å². The van der Waals surface area contributed by atoms with Crippen molar-refractivity contribution in [1.29, 1.82) is 0 Å². The summed E-state index contributed by atoms with van der Waals surface area (Å²) in [5.74, 6) is 0.551. The first-order chi connectivity index (χ1) is 10.7. The van der Waals surface area contributed by atoms with E-state index >= 15 is 0 Å². The minimum Gasteiger partial charge on any atom is -0.353 e. The summed E-state index contributed by atoms with van der Waals surface area (Å²) in [5.41, 5.74) is 8.07. The number of benzene rings is 2. The number of halogens is 2. The molecule has 22 heavy (non-hydrogen) atoms. The van der Waals surface area contributed by atoms with Crippen LogP contribution in [0.4, 0.5) is 5.95 Å². The van der Waals surface area contributed by atoms with Gasteiger partial charge in [-0.2, -0.15) is 0 Å². The zero-order valence-corrected chi connectivity index (χ0v) is 14.0. The number of anilines is 1. The molecule has 0 atom stereocenters. The number of nitrogens with one attached hydrogen (secondary N) is 1. The van der Waals surface area contributed by atoms with Crippen LogP contribution in [-0.4, -0.2) is 23.1 Å². The molecule has 0 aliphatic rings. The van der Waals surface area contributed by atoms with Crippen LogP contribution in [-0.2, 0) is 0 Å². The number of nitrogens with zero attached hydrogens (tertiary/aromatic N) is 2. The van der Waals surface area contributed by atoms with E-state index in [-0.39, 0.29) is 0 Å². The van der Waals surface area contributed by atoms with E-state index in [0.29, 0.717) is 24.1 Å². The number of aromatic nitrogens is 2. The van der Waals surface area contributed by atoms with E-state index < -0.39 is 0 Å². The van der Waals surface area contributed by atoms with E-state index in [9.17, 15) is 0 Å². The Morgan fingerprint density at radius 3 is 2.73 bits per heavy atom. The van der Waals surface area contributed by atoms with Gasteiger partial charge in [-0.3, -0.25) is 0 Å². The summed E-state index contributed by atoms with van der Waals surface area (Å²) < 4.78 is 0.972. The number of fused-ring (bicyclic) bond motifs is 1. The second-order valence-corrected chi connectivity index (χ2v) is 6.08. The van der Waals surface area contributed by atoms with Crippen molar-refractivity contribution < 1.29 is 0 Å². The molecule has 0 aliphatic carbocycles. The molecule has 0 fully saturated rings. The summed E-state index contributed by atoms with van der Waals surface area (Å²) in [4.78, 5) is 9.16. The lowest BCUT2D eigenvalue weighted by Gasteiger charge is -2.11. The van der Waals surface area contributed by atoms with Gasteiger partial charge in [0.2, 0.25) is 5.95 Å². The molecule has 112 valence electrons. The van der Waals surface area contributed by atoms with Gasteiger partial charge in [0, 0.05) is 33.5 Å². The van der Waals surface area contributed by atoms with Crippen LogP contribution in [0.5, 0.6) is 0 Å². The molecule has 0 saturated heterocycles. The van der Waals surface area contributed by atoms with Crippen LogP contribution in [0.1, 0.15) is 0 Å². The van der Waals surface area contributed by atoms with Crippen molar-refractivity contribution in [2.75, 3.05) is 18.4 Å². The SMILES string of the molecule is NCCNc1nc(-c2ccccc2Cl)c2cc(Br)ccc2n1. The minimum absolute atomic E-state index is 0.517. The smallest absolute Gasteiger partial charge is 0.223 e. The molecule has 1 heterocycles. The number of rotatable bonds is 4. The van der Waals surface area contributed by atoms with Crippen LogP contribution >= 0.6 is 27.5 Å². The zero-order valence-electron chi connectivity index (χ0n) is 11.7. The number of hydrogen-bond acceptors (Lipinski definition) is 4. The largest absolute Gasteiger partial charge is 0.353 e. The Hall–Kier alpha value is -1.69. The normalized spacial score (nSPS) is 10.9. The zero-order chi connectivity index (χ0) is 15.5. The highest BCUT2D eigenvalue weighted by Crippen LogP contribution is 2.33. The van der Waals surface area contributed by atoms with Crippen LogP contribution in [0.3, 0.4) is 0 Å². The molecule has 6 heteroatoms. The Morgan fingerprint density at radius 2 is 1.95 bits per heavy atom. The molecule has 3 N–H and O–H groups in total. The molecule has 0 amide bonds. The van der Waals surface area contributed by atoms with Gasteiger partial charge in [-0.25, -0.2) is 9.97 Å². The lowest BCUT2D eigenvalue weighted by atomic mass is 10.1. The van der Waals surface area contributed by atoms with Crippen LogP contribution in [0.2, 0.25) is 5.02 Å². The highest BCUT2D eigenvalue weighted by molar-refractivity contribution is 9.10. The maximum atomic E-state index is 6.34. The highest BCUT2D eigenvalue weighted by Gasteiger charge is 2.12. The molecule has 3 aromatic rings. The van der Waals surface area contributed by atoms with E-state index in [1.807, 2.05) is 42.5 Å². The minimum atomic E-state index is 0.517. The average Bonchev–Trinajstić information content (AvgIpc) is 2.53. The van der Waals surface area contributed by atoms with E-state index in [2.05, 4.69) is 31.2 Å². The van der Waals surface area contributed by atoms with Crippen molar-refractivity contribution in [3.63, 3.8) is 0 Å². The van der Waals surface area contributed by atoms with E-state index in [1.165, 1.54) is 0 Å². The maximum Gasteiger partial charge on any atom is 0.223 e. The second-order valence-electron chi connectivity index (χ2n) is 4.75. The van der Waals surface area contributed by atoms with Crippen molar-refractivity contribution >= 4 is 44.4 Å². The van der Waals surface area contributed by atoms with Gasteiger partial charge in [-0.15, -0.1) is 0 Å². The topological polar surface area (TPSA) is 63.8 Å². The van der Waals surface area contributed by atoms with Crippen molar-refractivity contribution in [2.45, 2.75) is 0 Å². The van der Waals surface area contributed by atoms with Crippen molar-refractivity contribution in [1.82, 2.24) is 9.97 Å². The summed E-state index contributed by atoms with van der Waals surface area (Å²) in [5, 5.41) is 4.73. The molecule has 3 rings (SSSR count). The summed E-state index contributed by atoms with van der Waals surface area (Å²) in [6.07, 6.45) is 0. The van der Waals surface area contributed by atoms with Gasteiger partial charge >= 0.3 is 0 Å². The number of nitrogens with two attached hydrogens (primary N) is 1. The van der Waals surface area contributed by atoms with E-state index in [1.54, 1.807) is 0 Å². The number of hydrogen-bond donors (Lipinski definition) is 2. The Kier molecular flexibility index (Phi) is 4.57. The highest BCUT2D eigenvalue weighted by atomic mass is 79.9. The first-order valence-electron chi connectivity index (χ1n) is 6.85. The first-order valence-corrected chi connectivity index (χ1v) is 8.02. The fraction of sp³-hybridized carbons (Fsp3) is 0.125. The lowest BCUT2D eigenvalue weighted by Crippen LogP contribution is -2.15. The maximum absolute atomic E-state index is 6.34. The Balaban J connectivity index is 2.25. The molecule has 0 spiro atoms. The molecule has 0 radical (unpaired) electrons. The van der Waals surface area contributed by atoms with Gasteiger partial charge in [0.05, 0.1) is 11.2 Å². The molecule has 0 aliphatic heterocycles. The third-order valence-corrected chi connectivity index (χ3v) is 4.04. The second kappa shape index (κ2) is 6.60. The summed E-state index contributed by atoms with van der Waals surface area (Å²) in [7, 11) is 0. The third kappa shape index (κ3) is 3.06. The van der Waals surface area contributed by atoms with Crippen molar-refractivity contribution in [3.8, 4) is 11.3 Å². The van der Waals surface area contributed by atoms with E-state index in [0.717, 1.165) is 26.6 Å². The predicted molar refractivity (Wildman–Crippen MR) is 95.2 cm³/mol.